The van der Waals surface area contributed by atoms with E-state index in [-0.39, 0.29) is 24.3 Å². The molecule has 0 bridgehead atoms. The molecule has 0 unspecified atom stereocenters. The van der Waals surface area contributed by atoms with Crippen LogP contribution in [0.15, 0.2) is 42.7 Å². The molecule has 0 spiro atoms. The maximum absolute atomic E-state index is 12.8. The Morgan fingerprint density at radius 2 is 2.12 bits per heavy atom. The molecule has 1 aliphatic rings. The number of para-hydroxylation sites is 1. The highest BCUT2D eigenvalue weighted by Gasteiger charge is 2.30. The summed E-state index contributed by atoms with van der Waals surface area (Å²) in [6, 6.07) is 9.43. The van der Waals surface area contributed by atoms with E-state index in [1.165, 1.54) is 0 Å². The predicted molar refractivity (Wildman–Crippen MR) is 99.0 cm³/mol. The number of nitrogens with one attached hydrogen (secondary N) is 2. The Bertz CT molecular complexity index is 1010. The summed E-state index contributed by atoms with van der Waals surface area (Å²) in [5, 5.41) is 10.9. The van der Waals surface area contributed by atoms with Crippen LogP contribution in [0.4, 0.5) is 11.4 Å². The highest BCUT2D eigenvalue weighted by Crippen LogP contribution is 2.33. The molecule has 2 N–H and O–H groups in total. The molecule has 3 heterocycles. The minimum absolute atomic E-state index is 0.129. The molecule has 3 aromatic rings. The largest absolute Gasteiger partial charge is 0.326 e. The average molecular weight is 349 g/mol. The Labute approximate surface area is 150 Å². The highest BCUT2D eigenvalue weighted by molar-refractivity contribution is 6.05. The number of carbonyl (C=O) groups excluding carboxylic acids is 2. The van der Waals surface area contributed by atoms with Crippen LogP contribution in [0.25, 0.3) is 11.0 Å². The van der Waals surface area contributed by atoms with Gasteiger partial charge in [-0.3, -0.25) is 9.59 Å². The number of nitrogens with zero attached hydrogens (tertiary/aromatic N) is 3. The summed E-state index contributed by atoms with van der Waals surface area (Å²) in [5.41, 5.74) is 2.89. The summed E-state index contributed by atoms with van der Waals surface area (Å²) in [6.07, 6.45) is 3.49. The van der Waals surface area contributed by atoms with Gasteiger partial charge in [0.2, 0.25) is 11.8 Å². The van der Waals surface area contributed by atoms with Gasteiger partial charge in [-0.2, -0.15) is 5.10 Å². The van der Waals surface area contributed by atoms with Crippen molar-refractivity contribution in [2.75, 3.05) is 10.6 Å². The molecule has 1 atom stereocenters. The van der Waals surface area contributed by atoms with Gasteiger partial charge in [0.15, 0.2) is 5.65 Å². The van der Waals surface area contributed by atoms with Crippen LogP contribution in [0.5, 0.6) is 0 Å². The van der Waals surface area contributed by atoms with Crippen LogP contribution in [0.3, 0.4) is 0 Å². The second kappa shape index (κ2) is 6.25. The fourth-order valence-corrected chi connectivity index (χ4v) is 3.26. The van der Waals surface area contributed by atoms with Crippen molar-refractivity contribution >= 4 is 34.2 Å². The summed E-state index contributed by atoms with van der Waals surface area (Å²) in [6.45, 7) is 4.07. The lowest BCUT2D eigenvalue weighted by Crippen LogP contribution is -2.30. The van der Waals surface area contributed by atoms with E-state index in [0.29, 0.717) is 11.4 Å². The van der Waals surface area contributed by atoms with E-state index in [0.717, 1.165) is 16.6 Å². The summed E-state index contributed by atoms with van der Waals surface area (Å²) >= 11 is 0. The number of amides is 2. The van der Waals surface area contributed by atoms with Crippen LogP contribution in [0.2, 0.25) is 0 Å². The highest BCUT2D eigenvalue weighted by atomic mass is 16.2. The van der Waals surface area contributed by atoms with Crippen LogP contribution in [-0.2, 0) is 9.59 Å². The molecule has 4 rings (SSSR count). The molecule has 0 saturated carbocycles. The van der Waals surface area contributed by atoms with Crippen LogP contribution in [-0.4, -0.2) is 26.6 Å². The minimum Gasteiger partial charge on any atom is -0.326 e. The molecule has 7 nitrogen and oxygen atoms in total. The number of carbonyl (C=O) groups is 2. The first kappa shape index (κ1) is 16.3. The second-order valence-corrected chi connectivity index (χ2v) is 6.70. The van der Waals surface area contributed by atoms with Crippen molar-refractivity contribution in [3.8, 4) is 0 Å². The third kappa shape index (κ3) is 2.81. The number of rotatable bonds is 3. The van der Waals surface area contributed by atoms with E-state index in [9.17, 15) is 9.59 Å². The number of anilines is 2. The Balaban J connectivity index is 1.61. The average Bonchev–Trinajstić information content (AvgIpc) is 3.04. The van der Waals surface area contributed by atoms with Crippen LogP contribution < -0.4 is 10.6 Å². The van der Waals surface area contributed by atoms with E-state index in [1.54, 1.807) is 18.5 Å². The number of hydrogen-bond donors (Lipinski definition) is 2. The number of fused-ring (bicyclic) bond motifs is 2. The quantitative estimate of drug-likeness (QED) is 0.760. The molecule has 0 saturated heterocycles. The summed E-state index contributed by atoms with van der Waals surface area (Å²) in [5.74, 6) is -0.894. The van der Waals surface area contributed by atoms with Crippen LogP contribution >= 0.6 is 0 Å². The van der Waals surface area contributed by atoms with Crippen LogP contribution in [0, 0.1) is 0 Å². The van der Waals surface area contributed by atoms with Gasteiger partial charge in [-0.25, -0.2) is 9.67 Å². The topological polar surface area (TPSA) is 88.9 Å². The summed E-state index contributed by atoms with van der Waals surface area (Å²) < 4.78 is 1.84. The normalized spacial score (nSPS) is 16.4. The fourth-order valence-electron chi connectivity index (χ4n) is 3.26. The van der Waals surface area contributed by atoms with Gasteiger partial charge in [0.1, 0.15) is 0 Å². The molecule has 0 aliphatic carbocycles. The predicted octanol–water partition coefficient (Wildman–Crippen LogP) is 3.08. The zero-order valence-corrected chi connectivity index (χ0v) is 14.6. The molecule has 1 aromatic carbocycles. The van der Waals surface area contributed by atoms with Gasteiger partial charge in [0, 0.05) is 23.5 Å². The molecular weight excluding hydrogens is 330 g/mol. The Morgan fingerprint density at radius 3 is 2.92 bits per heavy atom. The third-order valence-electron chi connectivity index (χ3n) is 4.51. The van der Waals surface area contributed by atoms with E-state index in [2.05, 4.69) is 20.7 Å². The summed E-state index contributed by atoms with van der Waals surface area (Å²) in [4.78, 5) is 29.1. The van der Waals surface area contributed by atoms with Gasteiger partial charge >= 0.3 is 0 Å². The van der Waals surface area contributed by atoms with Crippen molar-refractivity contribution in [2.24, 2.45) is 0 Å². The van der Waals surface area contributed by atoms with E-state index in [1.807, 2.05) is 42.8 Å². The molecule has 1 aliphatic heterocycles. The van der Waals surface area contributed by atoms with Gasteiger partial charge in [-0.15, -0.1) is 0 Å². The zero-order valence-electron chi connectivity index (χ0n) is 14.6. The lowest BCUT2D eigenvalue weighted by molar-refractivity contribution is -0.123. The Morgan fingerprint density at radius 1 is 1.31 bits per heavy atom. The van der Waals surface area contributed by atoms with Crippen molar-refractivity contribution in [3.05, 3.63) is 48.3 Å². The minimum atomic E-state index is -0.519. The standard InChI is InChI=1S/C19H19N5O2/c1-11(2)24-18-12(9-21-24)7-13(10-20-18)22-19(26)15-8-17(25)23-16-6-4-3-5-14(15)16/h3-7,9-11,15H,8H2,1-2H3,(H,22,26)(H,23,25)/t15-/m0/s1. The molecule has 26 heavy (non-hydrogen) atoms. The molecule has 7 heteroatoms. The summed E-state index contributed by atoms with van der Waals surface area (Å²) in [7, 11) is 0. The number of pyridine rings is 1. The lowest BCUT2D eigenvalue weighted by atomic mass is 9.90. The van der Waals surface area contributed by atoms with Gasteiger partial charge in [-0.05, 0) is 31.5 Å². The molecule has 0 radical (unpaired) electrons. The molecular formula is C19H19N5O2. The van der Waals surface area contributed by atoms with Crippen molar-refractivity contribution in [1.29, 1.82) is 0 Å². The monoisotopic (exact) mass is 349 g/mol. The van der Waals surface area contributed by atoms with Gasteiger partial charge < -0.3 is 10.6 Å². The SMILES string of the molecule is CC(C)n1ncc2cc(NC(=O)[C@H]3CC(=O)Nc4ccccc43)cnc21. The zero-order chi connectivity index (χ0) is 18.3. The van der Waals surface area contributed by atoms with Gasteiger partial charge in [0.05, 0.1) is 24.0 Å². The smallest absolute Gasteiger partial charge is 0.232 e. The maximum Gasteiger partial charge on any atom is 0.232 e. The van der Waals surface area contributed by atoms with Crippen molar-refractivity contribution in [3.63, 3.8) is 0 Å². The molecule has 2 aromatic heterocycles. The van der Waals surface area contributed by atoms with E-state index < -0.39 is 5.92 Å². The van der Waals surface area contributed by atoms with Gasteiger partial charge in [0.25, 0.3) is 0 Å². The van der Waals surface area contributed by atoms with Gasteiger partial charge in [-0.1, -0.05) is 18.2 Å². The molecule has 2 amide bonds. The van der Waals surface area contributed by atoms with Crippen molar-refractivity contribution in [1.82, 2.24) is 14.8 Å². The maximum atomic E-state index is 12.8. The van der Waals surface area contributed by atoms with Crippen LogP contribution in [0.1, 0.15) is 37.8 Å². The van der Waals surface area contributed by atoms with E-state index >= 15 is 0 Å². The molecule has 132 valence electrons. The van der Waals surface area contributed by atoms with Crippen molar-refractivity contribution < 1.29 is 9.59 Å². The number of benzene rings is 1. The Kier molecular flexibility index (Phi) is 3.91. The molecule has 0 fully saturated rings. The fraction of sp³-hybridized carbons (Fsp3) is 0.263. The Hall–Kier alpha value is -3.22. The number of hydrogen-bond acceptors (Lipinski definition) is 4. The first-order chi connectivity index (χ1) is 12.5. The first-order valence-corrected chi connectivity index (χ1v) is 8.56. The first-order valence-electron chi connectivity index (χ1n) is 8.56. The van der Waals surface area contributed by atoms with E-state index in [4.69, 9.17) is 0 Å². The second-order valence-electron chi connectivity index (χ2n) is 6.70. The lowest BCUT2D eigenvalue weighted by Gasteiger charge is -2.24. The number of aromatic nitrogens is 3. The third-order valence-corrected chi connectivity index (χ3v) is 4.51. The van der Waals surface area contributed by atoms with Crippen molar-refractivity contribution in [2.45, 2.75) is 32.2 Å².